The molecule has 0 spiro atoms. The van der Waals surface area contributed by atoms with Gasteiger partial charge in [0.25, 0.3) is 0 Å². The van der Waals surface area contributed by atoms with Crippen LogP contribution in [0.25, 0.3) is 6.08 Å². The molecule has 0 fully saturated rings. The summed E-state index contributed by atoms with van der Waals surface area (Å²) in [5.41, 5.74) is 3.59. The van der Waals surface area contributed by atoms with Gasteiger partial charge in [0.05, 0.1) is 14.2 Å². The van der Waals surface area contributed by atoms with E-state index < -0.39 is 0 Å². The predicted octanol–water partition coefficient (Wildman–Crippen LogP) is 5.85. The van der Waals surface area contributed by atoms with Crippen LogP contribution >= 0.6 is 0 Å². The summed E-state index contributed by atoms with van der Waals surface area (Å²) in [4.78, 5) is 14.9. The smallest absolute Gasteiger partial charge is 0.326 e. The molecule has 0 heterocycles. The molecule has 154 valence electrons. The molecule has 2 amide bonds. The molecule has 0 aliphatic rings. The predicted molar refractivity (Wildman–Crippen MR) is 122 cm³/mol. The molecule has 0 aromatic heterocycles. The van der Waals surface area contributed by atoms with E-state index in [1.54, 1.807) is 25.2 Å². The second kappa shape index (κ2) is 10.2. The van der Waals surface area contributed by atoms with Crippen LogP contribution in [0.3, 0.4) is 0 Å². The van der Waals surface area contributed by atoms with Gasteiger partial charge < -0.3 is 14.8 Å². The van der Waals surface area contributed by atoms with Crippen molar-refractivity contribution in [2.75, 3.05) is 31.0 Å². The quantitative estimate of drug-likeness (QED) is 0.540. The van der Waals surface area contributed by atoms with Gasteiger partial charge in [0.1, 0.15) is 11.5 Å². The fourth-order valence-corrected chi connectivity index (χ4v) is 3.06. The van der Waals surface area contributed by atoms with Gasteiger partial charge in [0.2, 0.25) is 0 Å². The van der Waals surface area contributed by atoms with Crippen LogP contribution in [0.4, 0.5) is 16.2 Å². The number of rotatable bonds is 7. The summed E-state index contributed by atoms with van der Waals surface area (Å²) in [6, 6.07) is 24.6. The van der Waals surface area contributed by atoms with Crippen molar-refractivity contribution in [1.29, 1.82) is 0 Å². The van der Waals surface area contributed by atoms with E-state index in [0.717, 1.165) is 22.6 Å². The molecule has 0 unspecified atom stereocenters. The monoisotopic (exact) mass is 402 g/mol. The number of carbonyl (C=O) groups excluding carboxylic acids is 1. The van der Waals surface area contributed by atoms with Gasteiger partial charge >= 0.3 is 6.03 Å². The summed E-state index contributed by atoms with van der Waals surface area (Å²) in [6.45, 7) is 2.46. The van der Waals surface area contributed by atoms with Crippen molar-refractivity contribution in [3.63, 3.8) is 0 Å². The first-order valence-corrected chi connectivity index (χ1v) is 9.68. The van der Waals surface area contributed by atoms with E-state index in [-0.39, 0.29) is 6.03 Å². The number of urea groups is 1. The van der Waals surface area contributed by atoms with E-state index in [1.807, 2.05) is 79.7 Å². The Morgan fingerprint density at radius 3 is 2.27 bits per heavy atom. The fourth-order valence-electron chi connectivity index (χ4n) is 3.06. The highest BCUT2D eigenvalue weighted by atomic mass is 16.5. The van der Waals surface area contributed by atoms with Crippen LogP contribution in [0.1, 0.15) is 12.5 Å². The normalized spacial score (nSPS) is 11.0. The zero-order valence-electron chi connectivity index (χ0n) is 17.5. The van der Waals surface area contributed by atoms with Crippen LogP contribution < -0.4 is 19.7 Å². The van der Waals surface area contributed by atoms with Gasteiger partial charge in [0.15, 0.2) is 0 Å². The lowest BCUT2D eigenvalue weighted by molar-refractivity contribution is 0.257. The van der Waals surface area contributed by atoms with Gasteiger partial charge in [-0.3, -0.25) is 4.90 Å². The molecule has 1 N–H and O–H groups in total. The Labute approximate surface area is 177 Å². The Bertz CT molecular complexity index is 998. The zero-order chi connectivity index (χ0) is 21.3. The molecule has 30 heavy (non-hydrogen) atoms. The van der Waals surface area contributed by atoms with Crippen molar-refractivity contribution in [3.8, 4) is 11.5 Å². The Morgan fingerprint density at radius 1 is 0.900 bits per heavy atom. The largest absolute Gasteiger partial charge is 0.497 e. The van der Waals surface area contributed by atoms with E-state index in [4.69, 9.17) is 9.47 Å². The lowest BCUT2D eigenvalue weighted by Gasteiger charge is -2.24. The Kier molecular flexibility index (Phi) is 7.11. The maximum Gasteiger partial charge on any atom is 0.326 e. The first-order chi connectivity index (χ1) is 14.6. The van der Waals surface area contributed by atoms with Crippen molar-refractivity contribution in [2.45, 2.75) is 6.92 Å². The average Bonchev–Trinajstić information content (AvgIpc) is 2.78. The average molecular weight is 402 g/mol. The summed E-state index contributed by atoms with van der Waals surface area (Å²) in [6.07, 6.45) is 2.08. The van der Waals surface area contributed by atoms with Crippen LogP contribution in [-0.2, 0) is 0 Å². The third-order valence-electron chi connectivity index (χ3n) is 4.57. The number of carbonyl (C=O) groups is 1. The number of nitrogens with one attached hydrogen (secondary N) is 1. The van der Waals surface area contributed by atoms with Crippen molar-refractivity contribution in [3.05, 3.63) is 90.0 Å². The molecule has 0 radical (unpaired) electrons. The Hall–Kier alpha value is -3.73. The second-order valence-electron chi connectivity index (χ2n) is 6.85. The molecule has 0 atom stereocenters. The Balaban J connectivity index is 1.85. The van der Waals surface area contributed by atoms with E-state index in [2.05, 4.69) is 11.4 Å². The summed E-state index contributed by atoms with van der Waals surface area (Å²) in [5, 5.41) is 2.96. The van der Waals surface area contributed by atoms with Crippen LogP contribution in [0.15, 0.2) is 84.4 Å². The maximum absolute atomic E-state index is 13.2. The lowest BCUT2D eigenvalue weighted by atomic mass is 10.1. The molecule has 3 rings (SSSR count). The third kappa shape index (κ3) is 5.64. The lowest BCUT2D eigenvalue weighted by Crippen LogP contribution is -2.36. The molecule has 0 aliphatic carbocycles. The number of ether oxygens (including phenoxy) is 2. The minimum absolute atomic E-state index is 0.228. The maximum atomic E-state index is 13.2. The highest BCUT2D eigenvalue weighted by Crippen LogP contribution is 2.23. The molecule has 0 saturated carbocycles. The molecular formula is C25H26N2O3. The van der Waals surface area contributed by atoms with E-state index in [0.29, 0.717) is 18.0 Å². The Morgan fingerprint density at radius 2 is 1.60 bits per heavy atom. The van der Waals surface area contributed by atoms with Crippen LogP contribution in [0, 0.1) is 0 Å². The highest BCUT2D eigenvalue weighted by Gasteiger charge is 2.17. The van der Waals surface area contributed by atoms with E-state index >= 15 is 0 Å². The first kappa shape index (κ1) is 21.0. The molecule has 0 saturated heterocycles. The minimum Gasteiger partial charge on any atom is -0.497 e. The van der Waals surface area contributed by atoms with Crippen LogP contribution in [0.5, 0.6) is 11.5 Å². The van der Waals surface area contributed by atoms with Gasteiger partial charge in [-0.2, -0.15) is 0 Å². The van der Waals surface area contributed by atoms with Gasteiger partial charge in [0, 0.05) is 24.0 Å². The standard InChI is InChI=1S/C25H26N2O3/c1-19(16-20-8-5-4-6-9-20)18-27(22-12-14-23(29-2)15-13-22)25(28)26-21-10-7-11-24(17-21)30-3/h4-17H,18H2,1-3H3,(H,26,28). The molecule has 0 aliphatic heterocycles. The van der Waals surface area contributed by atoms with Crippen molar-refractivity contribution in [1.82, 2.24) is 0 Å². The highest BCUT2D eigenvalue weighted by molar-refractivity contribution is 6.02. The van der Waals surface area contributed by atoms with Gasteiger partial charge in [-0.1, -0.05) is 48.0 Å². The number of benzene rings is 3. The number of amides is 2. The number of nitrogens with zero attached hydrogens (tertiary/aromatic N) is 1. The first-order valence-electron chi connectivity index (χ1n) is 9.68. The van der Waals surface area contributed by atoms with E-state index in [9.17, 15) is 4.79 Å². The van der Waals surface area contributed by atoms with Crippen LogP contribution in [-0.4, -0.2) is 26.8 Å². The number of hydrogen-bond acceptors (Lipinski definition) is 3. The number of methoxy groups -OCH3 is 2. The topological polar surface area (TPSA) is 50.8 Å². The summed E-state index contributed by atoms with van der Waals surface area (Å²) < 4.78 is 10.5. The SMILES string of the molecule is COc1ccc(N(CC(C)=Cc2ccccc2)C(=O)Nc2cccc(OC)c2)cc1. The van der Waals surface area contributed by atoms with Gasteiger partial charge in [-0.15, -0.1) is 0 Å². The summed E-state index contributed by atoms with van der Waals surface area (Å²) >= 11 is 0. The van der Waals surface area contributed by atoms with E-state index in [1.165, 1.54) is 0 Å². The molecular weight excluding hydrogens is 376 g/mol. The minimum atomic E-state index is -0.228. The molecule has 3 aromatic carbocycles. The van der Waals surface area contributed by atoms with Gasteiger partial charge in [-0.05, 0) is 48.9 Å². The van der Waals surface area contributed by atoms with Crippen molar-refractivity contribution in [2.24, 2.45) is 0 Å². The summed E-state index contributed by atoms with van der Waals surface area (Å²) in [7, 11) is 3.22. The molecule has 0 bridgehead atoms. The number of hydrogen-bond donors (Lipinski definition) is 1. The van der Waals surface area contributed by atoms with Gasteiger partial charge in [-0.25, -0.2) is 4.79 Å². The second-order valence-corrected chi connectivity index (χ2v) is 6.85. The summed E-state index contributed by atoms with van der Waals surface area (Å²) in [5.74, 6) is 1.42. The zero-order valence-corrected chi connectivity index (χ0v) is 17.5. The molecule has 5 heteroatoms. The number of anilines is 2. The molecule has 5 nitrogen and oxygen atoms in total. The fraction of sp³-hybridized carbons (Fsp3) is 0.160. The van der Waals surface area contributed by atoms with Crippen molar-refractivity contribution >= 4 is 23.5 Å². The molecule has 3 aromatic rings. The van der Waals surface area contributed by atoms with Crippen LogP contribution in [0.2, 0.25) is 0 Å². The third-order valence-corrected chi connectivity index (χ3v) is 4.57. The van der Waals surface area contributed by atoms with Crippen molar-refractivity contribution < 1.29 is 14.3 Å².